The van der Waals surface area contributed by atoms with Gasteiger partial charge in [0.25, 0.3) is 5.91 Å². The maximum Gasteiger partial charge on any atom is 0.255 e. The van der Waals surface area contributed by atoms with Gasteiger partial charge in [-0.05, 0) is 54.4 Å². The van der Waals surface area contributed by atoms with Crippen LogP contribution in [-0.2, 0) is 22.7 Å². The highest BCUT2D eigenvalue weighted by atomic mass is 32.1. The fraction of sp³-hybridized carbons (Fsp3) is 0.320. The van der Waals surface area contributed by atoms with E-state index < -0.39 is 11.9 Å². The quantitative estimate of drug-likeness (QED) is 0.549. The van der Waals surface area contributed by atoms with Crippen molar-refractivity contribution in [2.24, 2.45) is 0 Å². The predicted octanol–water partition coefficient (Wildman–Crippen LogP) is 3.03. The van der Waals surface area contributed by atoms with E-state index in [2.05, 4.69) is 22.3 Å². The first-order chi connectivity index (χ1) is 16.5. The van der Waals surface area contributed by atoms with Crippen LogP contribution in [0.3, 0.4) is 0 Å². The first kappa shape index (κ1) is 21.1. The van der Waals surface area contributed by atoms with Gasteiger partial charge in [-0.2, -0.15) is 0 Å². The van der Waals surface area contributed by atoms with E-state index in [9.17, 15) is 14.4 Å². The van der Waals surface area contributed by atoms with Crippen LogP contribution < -0.4 is 10.1 Å². The van der Waals surface area contributed by atoms with Gasteiger partial charge >= 0.3 is 0 Å². The molecular weight excluding hydrogens is 454 g/mol. The molecule has 1 atom stereocenters. The molecule has 0 radical (unpaired) electrons. The van der Waals surface area contributed by atoms with Crippen molar-refractivity contribution in [2.75, 3.05) is 13.1 Å². The number of hydrogen-bond donors (Lipinski definition) is 1. The molecule has 2 saturated heterocycles. The van der Waals surface area contributed by atoms with E-state index in [1.807, 2.05) is 24.3 Å². The number of furan rings is 1. The molecule has 1 aromatic carbocycles. The molecule has 0 saturated carbocycles. The molecule has 0 bridgehead atoms. The molecular formula is C25H23N3O5S. The molecule has 2 fully saturated rings. The number of fused-ring (bicyclic) bond motifs is 1. The number of carbonyl (C=O) groups excluding carboxylic acids is 3. The molecule has 5 heterocycles. The summed E-state index contributed by atoms with van der Waals surface area (Å²) in [6.07, 6.45) is 2.40. The van der Waals surface area contributed by atoms with Crippen molar-refractivity contribution in [1.82, 2.24) is 15.1 Å². The number of benzene rings is 1. The van der Waals surface area contributed by atoms with Gasteiger partial charge < -0.3 is 14.1 Å². The van der Waals surface area contributed by atoms with Crippen LogP contribution >= 0.6 is 11.3 Å². The molecule has 2 aromatic heterocycles. The number of thiophene rings is 1. The molecule has 1 unspecified atom stereocenters. The highest BCUT2D eigenvalue weighted by Gasteiger charge is 2.39. The second-order valence-corrected chi connectivity index (χ2v) is 10.1. The monoisotopic (exact) mass is 477 g/mol. The molecule has 174 valence electrons. The third kappa shape index (κ3) is 3.91. The van der Waals surface area contributed by atoms with Gasteiger partial charge in [-0.1, -0.05) is 0 Å². The van der Waals surface area contributed by atoms with Crippen molar-refractivity contribution in [2.45, 2.75) is 38.1 Å². The zero-order valence-electron chi connectivity index (χ0n) is 18.4. The van der Waals surface area contributed by atoms with Crippen molar-refractivity contribution in [1.29, 1.82) is 0 Å². The minimum atomic E-state index is -0.604. The van der Waals surface area contributed by atoms with E-state index in [4.69, 9.17) is 9.15 Å². The fourth-order valence-electron chi connectivity index (χ4n) is 4.78. The summed E-state index contributed by atoms with van der Waals surface area (Å²) in [6.45, 7) is 2.91. The van der Waals surface area contributed by atoms with Crippen molar-refractivity contribution >= 4 is 29.1 Å². The molecule has 0 spiro atoms. The second-order valence-electron chi connectivity index (χ2n) is 8.90. The Morgan fingerprint density at radius 3 is 2.79 bits per heavy atom. The summed E-state index contributed by atoms with van der Waals surface area (Å²) in [5.41, 5.74) is 1.45. The van der Waals surface area contributed by atoms with Crippen molar-refractivity contribution in [3.63, 3.8) is 0 Å². The summed E-state index contributed by atoms with van der Waals surface area (Å²) in [7, 11) is 0. The molecule has 34 heavy (non-hydrogen) atoms. The molecule has 3 amide bonds. The van der Waals surface area contributed by atoms with E-state index in [0.29, 0.717) is 18.5 Å². The maximum absolute atomic E-state index is 12.8. The molecule has 3 aromatic rings. The number of rotatable bonds is 6. The highest BCUT2D eigenvalue weighted by molar-refractivity contribution is 7.15. The van der Waals surface area contributed by atoms with Crippen LogP contribution in [0.1, 0.15) is 33.6 Å². The minimum absolute atomic E-state index is 0.103. The fourth-order valence-corrected chi connectivity index (χ4v) is 5.80. The lowest BCUT2D eigenvalue weighted by atomic mass is 10.0. The van der Waals surface area contributed by atoms with E-state index in [-0.39, 0.29) is 24.3 Å². The number of nitrogens with one attached hydrogen (secondary N) is 1. The molecule has 6 rings (SSSR count). The van der Waals surface area contributed by atoms with Crippen LogP contribution in [0.4, 0.5) is 0 Å². The summed E-state index contributed by atoms with van der Waals surface area (Å²) in [5.74, 6) is 0.777. The molecule has 9 heteroatoms. The average Bonchev–Trinajstić information content (AvgIpc) is 3.53. The molecule has 8 nitrogen and oxygen atoms in total. The summed E-state index contributed by atoms with van der Waals surface area (Å²) in [4.78, 5) is 42.8. The molecule has 3 aliphatic rings. The third-order valence-corrected chi connectivity index (χ3v) is 7.61. The molecule has 1 N–H and O–H groups in total. The zero-order chi connectivity index (χ0) is 23.2. The van der Waals surface area contributed by atoms with Crippen LogP contribution in [0.2, 0.25) is 0 Å². The van der Waals surface area contributed by atoms with Crippen molar-refractivity contribution in [3.05, 3.63) is 64.7 Å². The SMILES string of the molecule is O=C1CCC(N2Cc3cc(OC4CN(Cc5ccc(-c6ccco6)s5)C4)ccc3C2=O)C(=O)N1. The zero-order valence-corrected chi connectivity index (χ0v) is 19.2. The largest absolute Gasteiger partial charge is 0.488 e. The van der Waals surface area contributed by atoms with Crippen LogP contribution in [0.5, 0.6) is 5.75 Å². The van der Waals surface area contributed by atoms with E-state index in [0.717, 1.165) is 41.6 Å². The number of imide groups is 1. The summed E-state index contributed by atoms with van der Waals surface area (Å²) < 4.78 is 11.6. The van der Waals surface area contributed by atoms with Gasteiger partial charge in [0.1, 0.15) is 23.7 Å². The first-order valence-electron chi connectivity index (χ1n) is 11.3. The van der Waals surface area contributed by atoms with Gasteiger partial charge in [0.05, 0.1) is 11.1 Å². The van der Waals surface area contributed by atoms with Crippen LogP contribution in [0, 0.1) is 0 Å². The Morgan fingerprint density at radius 1 is 1.12 bits per heavy atom. The van der Waals surface area contributed by atoms with E-state index >= 15 is 0 Å². The van der Waals surface area contributed by atoms with Gasteiger partial charge in [-0.3, -0.25) is 24.6 Å². The number of piperidine rings is 1. The Morgan fingerprint density at radius 2 is 2.00 bits per heavy atom. The smallest absolute Gasteiger partial charge is 0.255 e. The first-order valence-corrected chi connectivity index (χ1v) is 12.1. The van der Waals surface area contributed by atoms with Crippen molar-refractivity contribution in [3.8, 4) is 16.4 Å². The summed E-state index contributed by atoms with van der Waals surface area (Å²) >= 11 is 1.74. The van der Waals surface area contributed by atoms with Gasteiger partial charge in [-0.15, -0.1) is 11.3 Å². The normalized spacial score (nSPS) is 20.9. The summed E-state index contributed by atoms with van der Waals surface area (Å²) in [6, 6.07) is 13.0. The molecule has 0 aliphatic carbocycles. The Bertz CT molecular complexity index is 1260. The third-order valence-electron chi connectivity index (χ3n) is 6.53. The number of ether oxygens (including phenoxy) is 1. The Balaban J connectivity index is 1.04. The van der Waals surface area contributed by atoms with Crippen LogP contribution in [0.15, 0.2) is 53.1 Å². The summed E-state index contributed by atoms with van der Waals surface area (Å²) in [5, 5.41) is 2.33. The number of nitrogens with zero attached hydrogens (tertiary/aromatic N) is 2. The van der Waals surface area contributed by atoms with Crippen LogP contribution in [0.25, 0.3) is 10.6 Å². The Hall–Kier alpha value is -3.43. The number of likely N-dealkylation sites (tertiary alicyclic amines) is 1. The van der Waals surface area contributed by atoms with Crippen molar-refractivity contribution < 1.29 is 23.5 Å². The van der Waals surface area contributed by atoms with E-state index in [1.54, 1.807) is 28.6 Å². The molecule has 3 aliphatic heterocycles. The Kier molecular flexibility index (Phi) is 5.23. The van der Waals surface area contributed by atoms with E-state index in [1.165, 1.54) is 4.88 Å². The standard InChI is InChI=1S/C25H23N3O5S/c29-23-8-6-20(24(30)26-23)28-11-15-10-16(3-5-19(15)25(28)31)33-17-12-27(13-17)14-18-4-7-22(34-18)21-2-1-9-32-21/h1-5,7,9-10,17,20H,6,8,11-14H2,(H,26,29,30). The van der Waals surface area contributed by atoms with Gasteiger partial charge in [0, 0.05) is 43.0 Å². The minimum Gasteiger partial charge on any atom is -0.488 e. The predicted molar refractivity (Wildman–Crippen MR) is 124 cm³/mol. The lowest BCUT2D eigenvalue weighted by Gasteiger charge is -2.38. The highest BCUT2D eigenvalue weighted by Crippen LogP contribution is 2.32. The number of carbonyl (C=O) groups is 3. The Labute approximate surface area is 200 Å². The maximum atomic E-state index is 12.8. The average molecular weight is 478 g/mol. The van der Waals surface area contributed by atoms with Gasteiger partial charge in [0.2, 0.25) is 11.8 Å². The lowest BCUT2D eigenvalue weighted by Crippen LogP contribution is -2.52. The number of hydrogen-bond acceptors (Lipinski definition) is 7. The van der Waals surface area contributed by atoms with Gasteiger partial charge in [-0.25, -0.2) is 0 Å². The van der Waals surface area contributed by atoms with Gasteiger partial charge in [0.15, 0.2) is 0 Å². The lowest BCUT2D eigenvalue weighted by molar-refractivity contribution is -0.136. The second kappa shape index (κ2) is 8.41. The van der Waals surface area contributed by atoms with Crippen LogP contribution in [-0.4, -0.2) is 52.8 Å². The number of amides is 3. The topological polar surface area (TPSA) is 92.1 Å².